The minimum absolute atomic E-state index is 0.115. The lowest BCUT2D eigenvalue weighted by Gasteiger charge is -2.08. The standard InChI is InChI=1S/C22H19N3O/c23-14-15-7-6-10-17(13-15)24-21(16-8-2-1-3-9-16)20-18-11-4-5-12-19(18)25-22(20)26/h1-13,25-26H,14,23H2. The smallest absolute Gasteiger partial charge is 0.199 e. The zero-order valence-corrected chi connectivity index (χ0v) is 14.2. The highest BCUT2D eigenvalue weighted by Gasteiger charge is 2.18. The van der Waals surface area contributed by atoms with Gasteiger partial charge in [-0.3, -0.25) is 0 Å². The Morgan fingerprint density at radius 2 is 1.69 bits per heavy atom. The predicted molar refractivity (Wildman–Crippen MR) is 106 cm³/mol. The van der Waals surface area contributed by atoms with Crippen molar-refractivity contribution in [2.45, 2.75) is 6.54 Å². The summed E-state index contributed by atoms with van der Waals surface area (Å²) in [5.74, 6) is 0.115. The molecule has 0 unspecified atom stereocenters. The summed E-state index contributed by atoms with van der Waals surface area (Å²) in [6, 6.07) is 25.5. The van der Waals surface area contributed by atoms with Crippen LogP contribution in [-0.2, 0) is 6.54 Å². The summed E-state index contributed by atoms with van der Waals surface area (Å²) < 4.78 is 0. The fourth-order valence-electron chi connectivity index (χ4n) is 3.11. The van der Waals surface area contributed by atoms with E-state index in [4.69, 9.17) is 10.7 Å². The van der Waals surface area contributed by atoms with Gasteiger partial charge in [-0.05, 0) is 23.8 Å². The van der Waals surface area contributed by atoms with E-state index in [-0.39, 0.29) is 5.88 Å². The molecule has 0 aliphatic heterocycles. The minimum Gasteiger partial charge on any atom is -0.494 e. The third-order valence-corrected chi connectivity index (χ3v) is 4.36. The molecule has 0 atom stereocenters. The Kier molecular flexibility index (Phi) is 4.25. The normalized spacial score (nSPS) is 11.8. The Morgan fingerprint density at radius 3 is 2.50 bits per heavy atom. The number of aromatic amines is 1. The van der Waals surface area contributed by atoms with Crippen LogP contribution in [0.5, 0.6) is 5.88 Å². The molecular formula is C22H19N3O. The van der Waals surface area contributed by atoms with Gasteiger partial charge < -0.3 is 15.8 Å². The lowest BCUT2D eigenvalue weighted by atomic mass is 10.0. The number of fused-ring (bicyclic) bond motifs is 1. The molecule has 4 N–H and O–H groups in total. The number of hydrogen-bond acceptors (Lipinski definition) is 3. The van der Waals surface area contributed by atoms with Crippen molar-refractivity contribution in [1.82, 2.24) is 4.98 Å². The number of H-pyrrole nitrogens is 1. The van der Waals surface area contributed by atoms with Gasteiger partial charge in [0.25, 0.3) is 0 Å². The van der Waals surface area contributed by atoms with Crippen molar-refractivity contribution in [3.63, 3.8) is 0 Å². The summed E-state index contributed by atoms with van der Waals surface area (Å²) in [6.45, 7) is 0.461. The van der Waals surface area contributed by atoms with E-state index in [1.165, 1.54) is 0 Å². The van der Waals surface area contributed by atoms with Crippen LogP contribution in [0.1, 0.15) is 16.7 Å². The molecular weight excluding hydrogens is 322 g/mol. The SMILES string of the molecule is NCc1cccc(N=C(c2ccccc2)c2c(O)[nH]c3ccccc23)c1. The molecule has 0 radical (unpaired) electrons. The zero-order chi connectivity index (χ0) is 17.9. The van der Waals surface area contributed by atoms with Crippen LogP contribution in [-0.4, -0.2) is 15.8 Å². The number of nitrogens with two attached hydrogens (primary N) is 1. The maximum Gasteiger partial charge on any atom is 0.199 e. The summed E-state index contributed by atoms with van der Waals surface area (Å²) in [6.07, 6.45) is 0. The summed E-state index contributed by atoms with van der Waals surface area (Å²) >= 11 is 0. The van der Waals surface area contributed by atoms with E-state index < -0.39 is 0 Å². The molecule has 4 heteroatoms. The van der Waals surface area contributed by atoms with Gasteiger partial charge in [0, 0.05) is 23.0 Å². The minimum atomic E-state index is 0.115. The van der Waals surface area contributed by atoms with Crippen molar-refractivity contribution in [3.8, 4) is 5.88 Å². The van der Waals surface area contributed by atoms with Gasteiger partial charge in [-0.25, -0.2) is 4.99 Å². The number of benzene rings is 3. The van der Waals surface area contributed by atoms with Crippen LogP contribution >= 0.6 is 0 Å². The van der Waals surface area contributed by atoms with Crippen LogP contribution in [0.2, 0.25) is 0 Å². The molecule has 128 valence electrons. The average Bonchev–Trinajstić information content (AvgIpc) is 3.02. The predicted octanol–water partition coefficient (Wildman–Crippen LogP) is 4.50. The fourth-order valence-corrected chi connectivity index (χ4v) is 3.11. The summed E-state index contributed by atoms with van der Waals surface area (Å²) in [5.41, 5.74) is 10.8. The molecule has 4 aromatic rings. The van der Waals surface area contributed by atoms with Gasteiger partial charge in [0.1, 0.15) is 0 Å². The first-order chi connectivity index (χ1) is 12.8. The van der Waals surface area contributed by atoms with Gasteiger partial charge in [0.2, 0.25) is 0 Å². The van der Waals surface area contributed by atoms with E-state index in [1.807, 2.05) is 78.9 Å². The maximum atomic E-state index is 10.6. The van der Waals surface area contributed by atoms with E-state index in [2.05, 4.69) is 4.98 Å². The Bertz CT molecular complexity index is 1080. The van der Waals surface area contributed by atoms with Crippen molar-refractivity contribution in [1.29, 1.82) is 0 Å². The number of nitrogens with zero attached hydrogens (tertiary/aromatic N) is 1. The van der Waals surface area contributed by atoms with Gasteiger partial charge >= 0.3 is 0 Å². The molecule has 0 aliphatic rings. The van der Waals surface area contributed by atoms with Crippen molar-refractivity contribution in [2.75, 3.05) is 0 Å². The Labute approximate surface area is 151 Å². The van der Waals surface area contributed by atoms with E-state index in [0.717, 1.165) is 33.4 Å². The van der Waals surface area contributed by atoms with Crippen LogP contribution < -0.4 is 5.73 Å². The van der Waals surface area contributed by atoms with E-state index in [9.17, 15) is 5.11 Å². The molecule has 4 nitrogen and oxygen atoms in total. The summed E-state index contributed by atoms with van der Waals surface area (Å²) in [7, 11) is 0. The topological polar surface area (TPSA) is 74.4 Å². The first-order valence-corrected chi connectivity index (χ1v) is 8.49. The average molecular weight is 341 g/mol. The van der Waals surface area contributed by atoms with Crippen LogP contribution in [0.25, 0.3) is 10.9 Å². The highest BCUT2D eigenvalue weighted by atomic mass is 16.3. The number of hydrogen-bond donors (Lipinski definition) is 3. The first kappa shape index (κ1) is 16.1. The first-order valence-electron chi connectivity index (χ1n) is 8.49. The zero-order valence-electron chi connectivity index (χ0n) is 14.2. The van der Waals surface area contributed by atoms with Crippen LogP contribution in [0.15, 0.2) is 83.9 Å². The van der Waals surface area contributed by atoms with Gasteiger partial charge in [0.05, 0.1) is 17.0 Å². The van der Waals surface area contributed by atoms with E-state index in [0.29, 0.717) is 12.1 Å². The van der Waals surface area contributed by atoms with Crippen LogP contribution in [0, 0.1) is 0 Å². The van der Waals surface area contributed by atoms with Crippen LogP contribution in [0.3, 0.4) is 0 Å². The quantitative estimate of drug-likeness (QED) is 0.478. The van der Waals surface area contributed by atoms with Gasteiger partial charge in [-0.2, -0.15) is 0 Å². The van der Waals surface area contributed by atoms with E-state index in [1.54, 1.807) is 0 Å². The number of aliphatic imine (C=N–C) groups is 1. The second-order valence-corrected chi connectivity index (χ2v) is 6.09. The van der Waals surface area contributed by atoms with Crippen molar-refractivity contribution in [2.24, 2.45) is 10.7 Å². The summed E-state index contributed by atoms with van der Waals surface area (Å²) in [5, 5.41) is 11.5. The molecule has 4 rings (SSSR count). The Balaban J connectivity index is 1.97. The number of aromatic hydroxyl groups is 1. The summed E-state index contributed by atoms with van der Waals surface area (Å²) in [4.78, 5) is 7.91. The third-order valence-electron chi connectivity index (χ3n) is 4.36. The lowest BCUT2D eigenvalue weighted by molar-refractivity contribution is 0.457. The lowest BCUT2D eigenvalue weighted by Crippen LogP contribution is -2.03. The molecule has 0 amide bonds. The van der Waals surface area contributed by atoms with Gasteiger partial charge in [0.15, 0.2) is 5.88 Å². The van der Waals surface area contributed by atoms with Gasteiger partial charge in [-0.1, -0.05) is 60.7 Å². The molecule has 3 aromatic carbocycles. The van der Waals surface area contributed by atoms with Crippen molar-refractivity contribution in [3.05, 3.63) is 95.6 Å². The second kappa shape index (κ2) is 6.86. The highest BCUT2D eigenvalue weighted by Crippen LogP contribution is 2.31. The largest absolute Gasteiger partial charge is 0.494 e. The molecule has 0 fully saturated rings. The fraction of sp³-hybridized carbons (Fsp3) is 0.0455. The Hall–Kier alpha value is -3.37. The molecule has 0 spiro atoms. The van der Waals surface area contributed by atoms with Crippen molar-refractivity contribution >= 4 is 22.3 Å². The Morgan fingerprint density at radius 1 is 0.923 bits per heavy atom. The number of rotatable bonds is 4. The van der Waals surface area contributed by atoms with Crippen molar-refractivity contribution < 1.29 is 5.11 Å². The monoisotopic (exact) mass is 341 g/mol. The number of para-hydroxylation sites is 1. The number of nitrogens with one attached hydrogen (secondary N) is 1. The van der Waals surface area contributed by atoms with Gasteiger partial charge in [-0.15, -0.1) is 0 Å². The number of aromatic nitrogens is 1. The molecule has 1 heterocycles. The third kappa shape index (κ3) is 2.98. The van der Waals surface area contributed by atoms with Crippen LogP contribution in [0.4, 0.5) is 5.69 Å². The molecule has 0 aliphatic carbocycles. The van der Waals surface area contributed by atoms with E-state index >= 15 is 0 Å². The second-order valence-electron chi connectivity index (χ2n) is 6.09. The molecule has 1 aromatic heterocycles. The molecule has 0 saturated carbocycles. The molecule has 26 heavy (non-hydrogen) atoms. The highest BCUT2D eigenvalue weighted by molar-refractivity contribution is 6.21. The molecule has 0 saturated heterocycles. The maximum absolute atomic E-state index is 10.6. The molecule has 0 bridgehead atoms.